The van der Waals surface area contributed by atoms with Crippen LogP contribution in [0.15, 0.2) is 0 Å². The lowest BCUT2D eigenvalue weighted by molar-refractivity contribution is -0.214. The van der Waals surface area contributed by atoms with Gasteiger partial charge in [0.15, 0.2) is 16.6 Å². The summed E-state index contributed by atoms with van der Waals surface area (Å²) < 4.78 is 14.8. The van der Waals surface area contributed by atoms with Crippen molar-refractivity contribution in [3.63, 3.8) is 0 Å². The van der Waals surface area contributed by atoms with Gasteiger partial charge in [-0.25, -0.2) is 0 Å². The number of fused-ring (bicyclic) bond motifs is 5. The average molecular weight is 663 g/mol. The molecule has 0 aliphatic heterocycles. The van der Waals surface area contributed by atoms with Crippen LogP contribution >= 0.6 is 0 Å². The zero-order chi connectivity index (χ0) is 34.1. The molecule has 5 heteroatoms. The SMILES string of the molecule is CCCCCCC(C)(O)[C@H]1CC[C@H]2[C@]3(C)CC(O[Si](C)(C)C(C)(C)C)[C@H]4CC(O[Si](C)(C)C(C)(C)C)CC[C@]4(C)[C@H]3CC[C@@]21C. The summed E-state index contributed by atoms with van der Waals surface area (Å²) in [5, 5.41) is 12.5. The number of unbranched alkanes of at least 4 members (excludes halogenated alkanes) is 3. The molecule has 0 saturated heterocycles. The molecule has 4 aliphatic carbocycles. The molecule has 0 heterocycles. The van der Waals surface area contributed by atoms with Gasteiger partial charge in [0, 0.05) is 12.2 Å². The van der Waals surface area contributed by atoms with E-state index in [9.17, 15) is 5.11 Å². The molecular weight excluding hydrogens is 585 g/mol. The molecule has 4 aliphatic rings. The van der Waals surface area contributed by atoms with Gasteiger partial charge in [-0.3, -0.25) is 0 Å². The second-order valence-corrected chi connectivity index (χ2v) is 30.5. The Bertz CT molecular complexity index is 1020. The Kier molecular flexibility index (Phi) is 10.7. The van der Waals surface area contributed by atoms with E-state index in [1.165, 1.54) is 70.6 Å². The molecule has 4 rings (SSSR count). The smallest absolute Gasteiger partial charge is 0.192 e. The molecule has 4 fully saturated rings. The first-order valence-electron chi connectivity index (χ1n) is 19.4. The maximum atomic E-state index is 12.1. The minimum atomic E-state index is -1.98. The van der Waals surface area contributed by atoms with E-state index in [1.54, 1.807) is 0 Å². The lowest BCUT2D eigenvalue weighted by Crippen LogP contribution is -2.65. The normalized spacial score (nSPS) is 40.8. The minimum absolute atomic E-state index is 0.197. The van der Waals surface area contributed by atoms with E-state index >= 15 is 0 Å². The number of aliphatic hydroxyl groups is 1. The first-order chi connectivity index (χ1) is 20.4. The standard InChI is InChI=1S/C40H78O3Si2/c1-16-17-18-19-24-40(11,41)34-21-20-32-38(34,9)26-23-33-37(8)25-22-29(42-44(12,13)35(2,3)4)27-30(37)31(28-39(32,33)10)43-45(14,15)36(5,6)7/h29-34,41H,16-28H2,1-15H3/t29?,30-,31?,32-,33-,34+,37+,38+,39+,40?/m1/s1. The molecule has 264 valence electrons. The van der Waals surface area contributed by atoms with Gasteiger partial charge in [-0.1, -0.05) is 94.9 Å². The Morgan fingerprint density at radius 2 is 1.24 bits per heavy atom. The number of hydrogen-bond acceptors (Lipinski definition) is 3. The van der Waals surface area contributed by atoms with Gasteiger partial charge in [-0.2, -0.15) is 0 Å². The molecule has 45 heavy (non-hydrogen) atoms. The summed E-state index contributed by atoms with van der Waals surface area (Å²) >= 11 is 0. The predicted molar refractivity (Wildman–Crippen MR) is 199 cm³/mol. The third-order valence-electron chi connectivity index (χ3n) is 16.0. The Balaban J connectivity index is 1.68. The van der Waals surface area contributed by atoms with Crippen molar-refractivity contribution in [1.82, 2.24) is 0 Å². The van der Waals surface area contributed by atoms with E-state index in [0.29, 0.717) is 30.0 Å². The van der Waals surface area contributed by atoms with Crippen LogP contribution in [0.5, 0.6) is 0 Å². The highest BCUT2D eigenvalue weighted by Gasteiger charge is 2.69. The summed E-state index contributed by atoms with van der Waals surface area (Å²) in [6.07, 6.45) is 16.5. The molecule has 10 atom stereocenters. The van der Waals surface area contributed by atoms with Gasteiger partial charge in [0.25, 0.3) is 0 Å². The molecule has 0 amide bonds. The summed E-state index contributed by atoms with van der Waals surface area (Å²) in [5.74, 6) is 2.37. The highest BCUT2D eigenvalue weighted by Crippen LogP contribution is 2.74. The van der Waals surface area contributed by atoms with E-state index < -0.39 is 22.2 Å². The molecule has 0 radical (unpaired) electrons. The third kappa shape index (κ3) is 6.89. The monoisotopic (exact) mass is 663 g/mol. The number of hydrogen-bond donors (Lipinski definition) is 1. The van der Waals surface area contributed by atoms with E-state index in [2.05, 4.69) is 102 Å². The summed E-state index contributed by atoms with van der Waals surface area (Å²) in [4.78, 5) is 0. The quantitative estimate of drug-likeness (QED) is 0.187. The average Bonchev–Trinajstić information content (AvgIpc) is 3.25. The van der Waals surface area contributed by atoms with Crippen molar-refractivity contribution in [3.05, 3.63) is 0 Å². The van der Waals surface area contributed by atoms with Crippen LogP contribution in [0, 0.1) is 39.9 Å². The van der Waals surface area contributed by atoms with Crippen LogP contribution < -0.4 is 0 Å². The van der Waals surface area contributed by atoms with Crippen LogP contribution in [0.3, 0.4) is 0 Å². The van der Waals surface area contributed by atoms with E-state index in [4.69, 9.17) is 8.85 Å². The molecule has 0 aromatic heterocycles. The summed E-state index contributed by atoms with van der Waals surface area (Å²) in [7, 11) is -3.82. The molecule has 0 aromatic carbocycles. The Hall–Kier alpha value is 0.314. The molecular formula is C40H78O3Si2. The fourth-order valence-electron chi connectivity index (χ4n) is 11.5. The van der Waals surface area contributed by atoms with E-state index in [0.717, 1.165) is 18.8 Å². The van der Waals surface area contributed by atoms with Gasteiger partial charge in [0.1, 0.15) is 0 Å². The maximum absolute atomic E-state index is 12.1. The zero-order valence-electron chi connectivity index (χ0n) is 32.9. The lowest BCUT2D eigenvalue weighted by Gasteiger charge is -2.68. The van der Waals surface area contributed by atoms with E-state index in [1.807, 2.05) is 0 Å². The molecule has 0 spiro atoms. The van der Waals surface area contributed by atoms with Gasteiger partial charge < -0.3 is 14.0 Å². The topological polar surface area (TPSA) is 38.7 Å². The fourth-order valence-corrected chi connectivity index (χ4v) is 14.2. The van der Waals surface area contributed by atoms with Crippen molar-refractivity contribution >= 4 is 16.6 Å². The Labute approximate surface area is 283 Å². The first-order valence-corrected chi connectivity index (χ1v) is 25.3. The van der Waals surface area contributed by atoms with Crippen molar-refractivity contribution in [3.8, 4) is 0 Å². The van der Waals surface area contributed by atoms with Crippen LogP contribution in [-0.2, 0) is 8.85 Å². The highest BCUT2D eigenvalue weighted by atomic mass is 28.4. The molecule has 4 saturated carbocycles. The van der Waals surface area contributed by atoms with Crippen molar-refractivity contribution < 1.29 is 14.0 Å². The maximum Gasteiger partial charge on any atom is 0.192 e. The van der Waals surface area contributed by atoms with Crippen LogP contribution in [0.4, 0.5) is 0 Å². The Morgan fingerprint density at radius 3 is 1.82 bits per heavy atom. The molecule has 0 aromatic rings. The molecule has 0 bridgehead atoms. The predicted octanol–water partition coefficient (Wildman–Crippen LogP) is 12.1. The van der Waals surface area contributed by atoms with Crippen molar-refractivity contribution in [2.45, 2.75) is 214 Å². The van der Waals surface area contributed by atoms with Crippen LogP contribution in [0.1, 0.15) is 160 Å². The van der Waals surface area contributed by atoms with Gasteiger partial charge in [-0.15, -0.1) is 0 Å². The second kappa shape index (κ2) is 12.6. The van der Waals surface area contributed by atoms with Gasteiger partial charge >= 0.3 is 0 Å². The van der Waals surface area contributed by atoms with Crippen molar-refractivity contribution in [2.24, 2.45) is 39.9 Å². The second-order valence-electron chi connectivity index (χ2n) is 21.0. The van der Waals surface area contributed by atoms with Gasteiger partial charge in [-0.05, 0) is 141 Å². The molecule has 1 N–H and O–H groups in total. The fraction of sp³-hybridized carbons (Fsp3) is 1.00. The first kappa shape index (κ1) is 38.1. The van der Waals surface area contributed by atoms with Gasteiger partial charge in [0.2, 0.25) is 0 Å². The van der Waals surface area contributed by atoms with Crippen molar-refractivity contribution in [2.75, 3.05) is 0 Å². The Morgan fingerprint density at radius 1 is 0.689 bits per heavy atom. The van der Waals surface area contributed by atoms with Crippen LogP contribution in [0.25, 0.3) is 0 Å². The summed E-state index contributed by atoms with van der Waals surface area (Å²) in [5.41, 5.74) is 0.200. The van der Waals surface area contributed by atoms with Crippen LogP contribution in [-0.4, -0.2) is 39.6 Å². The third-order valence-corrected chi connectivity index (χ3v) is 25.0. The molecule has 3 unspecified atom stereocenters. The van der Waals surface area contributed by atoms with E-state index in [-0.39, 0.29) is 26.3 Å². The van der Waals surface area contributed by atoms with Crippen molar-refractivity contribution in [1.29, 1.82) is 0 Å². The molecule has 3 nitrogen and oxygen atoms in total. The lowest BCUT2D eigenvalue weighted by atomic mass is 9.38. The summed E-state index contributed by atoms with van der Waals surface area (Å²) in [6, 6.07) is 0. The minimum Gasteiger partial charge on any atom is -0.414 e. The van der Waals surface area contributed by atoms with Crippen LogP contribution in [0.2, 0.25) is 36.3 Å². The zero-order valence-corrected chi connectivity index (χ0v) is 34.9. The van der Waals surface area contributed by atoms with Gasteiger partial charge in [0.05, 0.1) is 5.60 Å². The highest BCUT2D eigenvalue weighted by molar-refractivity contribution is 6.74. The largest absolute Gasteiger partial charge is 0.414 e. The number of rotatable bonds is 10. The summed E-state index contributed by atoms with van der Waals surface area (Å²) in [6.45, 7) is 36.8.